The highest BCUT2D eigenvalue weighted by molar-refractivity contribution is 5.95. The number of aliphatic hydroxyl groups is 1. The molecule has 5 heteroatoms. The van der Waals surface area contributed by atoms with E-state index >= 15 is 0 Å². The number of carbonyl (C=O) groups is 2. The topological polar surface area (TPSA) is 83.6 Å². The van der Waals surface area contributed by atoms with Gasteiger partial charge in [-0.25, -0.2) is 0 Å². The van der Waals surface area contributed by atoms with Crippen molar-refractivity contribution in [2.45, 2.75) is 45.4 Å². The highest BCUT2D eigenvalue weighted by Crippen LogP contribution is 2.24. The van der Waals surface area contributed by atoms with Crippen molar-refractivity contribution in [3.05, 3.63) is 11.6 Å². The van der Waals surface area contributed by atoms with E-state index in [-0.39, 0.29) is 5.91 Å². The molecule has 1 aliphatic rings. The van der Waals surface area contributed by atoms with Crippen LogP contribution in [0.15, 0.2) is 11.6 Å². The first kappa shape index (κ1) is 12.7. The third kappa shape index (κ3) is 2.24. The van der Waals surface area contributed by atoms with Crippen molar-refractivity contribution < 1.29 is 14.7 Å². The second-order valence-electron chi connectivity index (χ2n) is 3.91. The molecule has 0 saturated heterocycles. The molecule has 2 amide bonds. The Morgan fingerprint density at radius 3 is 2.69 bits per heavy atom. The Morgan fingerprint density at radius 2 is 2.25 bits per heavy atom. The van der Waals surface area contributed by atoms with Crippen LogP contribution < -0.4 is 5.73 Å². The summed E-state index contributed by atoms with van der Waals surface area (Å²) in [6, 6.07) is -0.729. The van der Waals surface area contributed by atoms with Crippen LogP contribution in [0.25, 0.3) is 0 Å². The van der Waals surface area contributed by atoms with Gasteiger partial charge in [-0.15, -0.1) is 0 Å². The SMILES string of the molecule is CCCC1=CC(=O)N(C(CC)C(N)=O)[C@H]1O. The summed E-state index contributed by atoms with van der Waals surface area (Å²) in [5.41, 5.74) is 5.86. The zero-order valence-electron chi connectivity index (χ0n) is 9.64. The van der Waals surface area contributed by atoms with Gasteiger partial charge >= 0.3 is 0 Å². The van der Waals surface area contributed by atoms with Crippen molar-refractivity contribution in [3.63, 3.8) is 0 Å². The quantitative estimate of drug-likeness (QED) is 0.699. The summed E-state index contributed by atoms with van der Waals surface area (Å²) in [5.74, 6) is -0.914. The van der Waals surface area contributed by atoms with Crippen LogP contribution >= 0.6 is 0 Å². The lowest BCUT2D eigenvalue weighted by molar-refractivity contribution is -0.142. The van der Waals surface area contributed by atoms with E-state index < -0.39 is 18.2 Å². The Hall–Kier alpha value is -1.36. The van der Waals surface area contributed by atoms with Crippen molar-refractivity contribution in [2.75, 3.05) is 0 Å². The largest absolute Gasteiger partial charge is 0.369 e. The number of carbonyl (C=O) groups excluding carboxylic acids is 2. The molecule has 0 saturated carbocycles. The van der Waals surface area contributed by atoms with Crippen molar-refractivity contribution >= 4 is 11.8 Å². The first-order chi connectivity index (χ1) is 7.52. The van der Waals surface area contributed by atoms with Gasteiger partial charge in [-0.05, 0) is 18.4 Å². The molecular formula is C11H18N2O3. The predicted octanol–water partition coefficient (Wildman–Crippen LogP) is 0.137. The van der Waals surface area contributed by atoms with E-state index in [1.807, 2.05) is 6.92 Å². The zero-order valence-corrected chi connectivity index (χ0v) is 9.64. The lowest BCUT2D eigenvalue weighted by atomic mass is 10.1. The number of primary amides is 1. The fraction of sp³-hybridized carbons (Fsp3) is 0.636. The summed E-state index contributed by atoms with van der Waals surface area (Å²) in [7, 11) is 0. The third-order valence-electron chi connectivity index (χ3n) is 2.75. The third-order valence-corrected chi connectivity index (χ3v) is 2.75. The van der Waals surface area contributed by atoms with Gasteiger partial charge in [0.05, 0.1) is 0 Å². The first-order valence-corrected chi connectivity index (χ1v) is 5.53. The van der Waals surface area contributed by atoms with Crippen LogP contribution in [0, 0.1) is 0 Å². The lowest BCUT2D eigenvalue weighted by Crippen LogP contribution is -2.49. The van der Waals surface area contributed by atoms with Gasteiger partial charge in [0.2, 0.25) is 11.8 Å². The Balaban J connectivity index is 2.85. The van der Waals surface area contributed by atoms with Crippen molar-refractivity contribution in [1.82, 2.24) is 4.90 Å². The Morgan fingerprint density at radius 1 is 1.62 bits per heavy atom. The van der Waals surface area contributed by atoms with E-state index in [2.05, 4.69) is 0 Å². The molecule has 0 aromatic rings. The number of hydrogen-bond donors (Lipinski definition) is 2. The highest BCUT2D eigenvalue weighted by Gasteiger charge is 2.37. The van der Waals surface area contributed by atoms with Crippen molar-refractivity contribution in [1.29, 1.82) is 0 Å². The Kier molecular flexibility index (Phi) is 4.06. The second kappa shape index (κ2) is 5.12. The van der Waals surface area contributed by atoms with Gasteiger partial charge in [0.25, 0.3) is 0 Å². The number of amides is 2. The minimum Gasteiger partial charge on any atom is -0.369 e. The Bertz CT molecular complexity index is 325. The molecule has 0 fully saturated rings. The standard InChI is InChI=1S/C11H18N2O3/c1-3-5-7-6-9(14)13(11(7)16)8(4-2)10(12)15/h6,8,11,16H,3-5H2,1-2H3,(H2,12,15)/t8?,11-/m0/s1. The number of rotatable bonds is 5. The van der Waals surface area contributed by atoms with Gasteiger partial charge in [-0.2, -0.15) is 0 Å². The summed E-state index contributed by atoms with van der Waals surface area (Å²) < 4.78 is 0. The van der Waals surface area contributed by atoms with Crippen molar-refractivity contribution in [3.8, 4) is 0 Å². The zero-order chi connectivity index (χ0) is 12.3. The maximum atomic E-state index is 11.7. The molecular weight excluding hydrogens is 208 g/mol. The lowest BCUT2D eigenvalue weighted by Gasteiger charge is -2.28. The fourth-order valence-corrected chi connectivity index (χ4v) is 1.96. The first-order valence-electron chi connectivity index (χ1n) is 5.53. The van der Waals surface area contributed by atoms with Crippen LogP contribution in [0.3, 0.4) is 0 Å². The molecule has 0 aromatic heterocycles. The minimum atomic E-state index is -0.995. The monoisotopic (exact) mass is 226 g/mol. The average molecular weight is 226 g/mol. The summed E-state index contributed by atoms with van der Waals surface area (Å²) in [6.07, 6.45) is 2.31. The molecule has 0 aromatic carbocycles. The maximum Gasteiger partial charge on any atom is 0.249 e. The molecule has 0 radical (unpaired) electrons. The highest BCUT2D eigenvalue weighted by atomic mass is 16.3. The van der Waals surface area contributed by atoms with E-state index in [9.17, 15) is 14.7 Å². The maximum absolute atomic E-state index is 11.7. The molecule has 3 N–H and O–H groups in total. The van der Waals surface area contributed by atoms with Gasteiger partial charge in [-0.1, -0.05) is 20.3 Å². The molecule has 1 heterocycles. The van der Waals surface area contributed by atoms with E-state index in [4.69, 9.17) is 5.73 Å². The fourth-order valence-electron chi connectivity index (χ4n) is 1.96. The minimum absolute atomic E-state index is 0.332. The van der Waals surface area contributed by atoms with Crippen molar-refractivity contribution in [2.24, 2.45) is 5.73 Å². The molecule has 5 nitrogen and oxygen atoms in total. The second-order valence-corrected chi connectivity index (χ2v) is 3.91. The number of nitrogens with zero attached hydrogens (tertiary/aromatic N) is 1. The smallest absolute Gasteiger partial charge is 0.249 e. The van der Waals surface area contributed by atoms with Crippen LogP contribution in [0.1, 0.15) is 33.1 Å². The molecule has 1 rings (SSSR count). The predicted molar refractivity (Wildman–Crippen MR) is 59.1 cm³/mol. The van der Waals surface area contributed by atoms with Gasteiger partial charge in [0.15, 0.2) is 6.23 Å². The van der Waals surface area contributed by atoms with Crippen LogP contribution in [0.5, 0.6) is 0 Å². The van der Waals surface area contributed by atoms with Gasteiger partial charge in [-0.3, -0.25) is 14.5 Å². The molecule has 1 unspecified atom stereocenters. The van der Waals surface area contributed by atoms with Gasteiger partial charge in [0.1, 0.15) is 6.04 Å². The van der Waals surface area contributed by atoms with E-state index in [0.29, 0.717) is 18.4 Å². The molecule has 90 valence electrons. The number of aliphatic hydroxyl groups excluding tert-OH is 1. The van der Waals surface area contributed by atoms with Gasteiger partial charge in [0, 0.05) is 6.08 Å². The van der Waals surface area contributed by atoms with E-state index in [0.717, 1.165) is 11.3 Å². The van der Waals surface area contributed by atoms with Gasteiger partial charge < -0.3 is 10.8 Å². The summed E-state index contributed by atoms with van der Waals surface area (Å²) in [4.78, 5) is 24.0. The molecule has 0 bridgehead atoms. The molecule has 1 aliphatic heterocycles. The number of hydrogen-bond acceptors (Lipinski definition) is 3. The average Bonchev–Trinajstić information content (AvgIpc) is 2.47. The summed E-state index contributed by atoms with van der Waals surface area (Å²) in [6.45, 7) is 3.72. The summed E-state index contributed by atoms with van der Waals surface area (Å²) in [5, 5.41) is 9.93. The molecule has 0 aliphatic carbocycles. The number of nitrogens with two attached hydrogens (primary N) is 1. The normalized spacial score (nSPS) is 22.2. The summed E-state index contributed by atoms with van der Waals surface area (Å²) >= 11 is 0. The van der Waals surface area contributed by atoms with Crippen LogP contribution in [0.2, 0.25) is 0 Å². The van der Waals surface area contributed by atoms with Crippen LogP contribution in [-0.4, -0.2) is 34.1 Å². The van der Waals surface area contributed by atoms with Crippen LogP contribution in [0.4, 0.5) is 0 Å². The molecule has 2 atom stereocenters. The van der Waals surface area contributed by atoms with Crippen LogP contribution in [-0.2, 0) is 9.59 Å². The van der Waals surface area contributed by atoms with E-state index in [1.165, 1.54) is 6.08 Å². The van der Waals surface area contributed by atoms with E-state index in [1.54, 1.807) is 6.92 Å². The molecule has 16 heavy (non-hydrogen) atoms. The molecule has 0 spiro atoms. The Labute approximate surface area is 94.9 Å².